The van der Waals surface area contributed by atoms with Crippen molar-refractivity contribution < 1.29 is 9.59 Å². The number of aromatic nitrogens is 3. The van der Waals surface area contributed by atoms with Crippen molar-refractivity contribution in [2.24, 2.45) is 0 Å². The van der Waals surface area contributed by atoms with Gasteiger partial charge in [0, 0.05) is 36.3 Å². The first-order chi connectivity index (χ1) is 19.0. The third-order valence-electron chi connectivity index (χ3n) is 7.20. The Labute approximate surface area is 235 Å². The van der Waals surface area contributed by atoms with Gasteiger partial charge >= 0.3 is 0 Å². The number of nitrogens with one attached hydrogen (secondary N) is 1. The van der Waals surface area contributed by atoms with E-state index in [9.17, 15) is 9.59 Å². The highest BCUT2D eigenvalue weighted by Crippen LogP contribution is 2.37. The SMILES string of the molecule is Cc1ccc(-c2sc(-c3ccccc3)nc2C(=O)N2CCCC[C@H]2CNC(=O)c2c(C)nc3sccn23)cc1. The number of likely N-dealkylation sites (tertiary alicyclic amines) is 1. The predicted molar refractivity (Wildman–Crippen MR) is 157 cm³/mol. The van der Waals surface area contributed by atoms with E-state index in [0.29, 0.717) is 30.2 Å². The van der Waals surface area contributed by atoms with Crippen molar-refractivity contribution in [3.8, 4) is 21.0 Å². The Balaban J connectivity index is 1.28. The highest BCUT2D eigenvalue weighted by molar-refractivity contribution is 7.18. The molecule has 0 bridgehead atoms. The lowest BCUT2D eigenvalue weighted by Gasteiger charge is -2.35. The number of thiazole rings is 2. The van der Waals surface area contributed by atoms with Crippen molar-refractivity contribution in [3.05, 3.63) is 88.8 Å². The third kappa shape index (κ3) is 4.99. The van der Waals surface area contributed by atoms with Gasteiger partial charge in [-0.05, 0) is 38.7 Å². The van der Waals surface area contributed by atoms with Crippen LogP contribution in [0.3, 0.4) is 0 Å². The first kappa shape index (κ1) is 25.5. The molecule has 1 atom stereocenters. The van der Waals surface area contributed by atoms with E-state index in [2.05, 4.69) is 41.5 Å². The minimum atomic E-state index is -0.170. The quantitative estimate of drug-likeness (QED) is 0.269. The zero-order valence-electron chi connectivity index (χ0n) is 21.9. The zero-order valence-corrected chi connectivity index (χ0v) is 23.5. The van der Waals surface area contributed by atoms with Crippen molar-refractivity contribution in [2.45, 2.75) is 39.2 Å². The maximum absolute atomic E-state index is 14.1. The minimum Gasteiger partial charge on any atom is -0.349 e. The van der Waals surface area contributed by atoms with Crippen molar-refractivity contribution in [1.82, 2.24) is 24.6 Å². The fourth-order valence-electron chi connectivity index (χ4n) is 5.15. The molecule has 0 aliphatic carbocycles. The first-order valence-electron chi connectivity index (χ1n) is 13.1. The molecule has 1 saturated heterocycles. The molecule has 9 heteroatoms. The summed E-state index contributed by atoms with van der Waals surface area (Å²) in [6, 6.07) is 18.1. The molecule has 0 unspecified atom stereocenters. The van der Waals surface area contributed by atoms with Crippen LogP contribution in [0.5, 0.6) is 0 Å². The molecule has 7 nitrogen and oxygen atoms in total. The Bertz CT molecular complexity index is 1640. The van der Waals surface area contributed by atoms with Crippen molar-refractivity contribution in [1.29, 1.82) is 0 Å². The molecule has 39 heavy (non-hydrogen) atoms. The molecule has 1 fully saturated rings. The van der Waals surface area contributed by atoms with Crippen LogP contribution in [0.1, 0.15) is 51.5 Å². The van der Waals surface area contributed by atoms with Gasteiger partial charge in [-0.2, -0.15) is 0 Å². The second-order valence-corrected chi connectivity index (χ2v) is 11.8. The molecular formula is C30H29N5O2S2. The zero-order chi connectivity index (χ0) is 26.9. The van der Waals surface area contributed by atoms with Gasteiger partial charge in [0.2, 0.25) is 0 Å². The van der Waals surface area contributed by atoms with Crippen LogP contribution >= 0.6 is 22.7 Å². The highest BCUT2D eigenvalue weighted by atomic mass is 32.1. The van der Waals surface area contributed by atoms with E-state index in [4.69, 9.17) is 4.98 Å². The van der Waals surface area contributed by atoms with Crippen molar-refractivity contribution in [3.63, 3.8) is 0 Å². The average molecular weight is 556 g/mol. The van der Waals surface area contributed by atoms with Gasteiger partial charge in [-0.25, -0.2) is 9.97 Å². The van der Waals surface area contributed by atoms with E-state index >= 15 is 0 Å². The fraction of sp³-hybridized carbons (Fsp3) is 0.267. The van der Waals surface area contributed by atoms with E-state index < -0.39 is 0 Å². The molecule has 0 radical (unpaired) electrons. The molecular weight excluding hydrogens is 526 g/mol. The minimum absolute atomic E-state index is 0.0799. The number of benzene rings is 2. The van der Waals surface area contributed by atoms with E-state index in [0.717, 1.165) is 45.2 Å². The first-order valence-corrected chi connectivity index (χ1v) is 14.8. The summed E-state index contributed by atoms with van der Waals surface area (Å²) < 4.78 is 1.83. The van der Waals surface area contributed by atoms with Crippen molar-refractivity contribution >= 4 is 39.4 Å². The number of amides is 2. The number of imidazole rings is 1. The summed E-state index contributed by atoms with van der Waals surface area (Å²) in [7, 11) is 0. The summed E-state index contributed by atoms with van der Waals surface area (Å²) in [5.74, 6) is -0.250. The molecule has 5 aromatic rings. The summed E-state index contributed by atoms with van der Waals surface area (Å²) in [5, 5.41) is 5.84. The van der Waals surface area contributed by atoms with Gasteiger partial charge in [-0.15, -0.1) is 22.7 Å². The molecule has 0 saturated carbocycles. The van der Waals surface area contributed by atoms with Gasteiger partial charge in [-0.3, -0.25) is 14.0 Å². The van der Waals surface area contributed by atoms with Gasteiger partial charge in [-0.1, -0.05) is 60.2 Å². The Hall–Kier alpha value is -3.82. The van der Waals surface area contributed by atoms with Gasteiger partial charge in [0.15, 0.2) is 4.96 Å². The molecule has 3 aromatic heterocycles. The monoisotopic (exact) mass is 555 g/mol. The van der Waals surface area contributed by atoms with Crippen LogP contribution < -0.4 is 5.32 Å². The normalized spacial score (nSPS) is 15.5. The Morgan fingerprint density at radius 3 is 2.59 bits per heavy atom. The summed E-state index contributed by atoms with van der Waals surface area (Å²) in [5.41, 5.74) is 4.88. The third-order valence-corrected chi connectivity index (χ3v) is 9.11. The van der Waals surface area contributed by atoms with Crippen molar-refractivity contribution in [2.75, 3.05) is 13.1 Å². The summed E-state index contributed by atoms with van der Waals surface area (Å²) in [6.45, 7) is 4.94. The number of piperidine rings is 1. The van der Waals surface area contributed by atoms with Gasteiger partial charge in [0.1, 0.15) is 16.4 Å². The number of rotatable bonds is 6. The van der Waals surface area contributed by atoms with Crippen LogP contribution in [0.2, 0.25) is 0 Å². The molecule has 198 valence electrons. The van der Waals surface area contributed by atoms with Gasteiger partial charge in [0.25, 0.3) is 11.8 Å². The summed E-state index contributed by atoms with van der Waals surface area (Å²) in [4.78, 5) is 40.3. The average Bonchev–Trinajstić information content (AvgIpc) is 3.67. The molecule has 2 aromatic carbocycles. The number of carbonyl (C=O) groups excluding carboxylic acids is 2. The van der Waals surface area contributed by atoms with Crippen LogP contribution in [0, 0.1) is 13.8 Å². The Morgan fingerprint density at radius 1 is 1.00 bits per heavy atom. The molecule has 1 aliphatic heterocycles. The lowest BCUT2D eigenvalue weighted by molar-refractivity contribution is 0.0598. The molecule has 1 N–H and O–H groups in total. The van der Waals surface area contributed by atoms with Gasteiger partial charge < -0.3 is 10.2 Å². The van der Waals surface area contributed by atoms with Gasteiger partial charge in [0.05, 0.1) is 10.6 Å². The fourth-order valence-corrected chi connectivity index (χ4v) is 6.98. The maximum atomic E-state index is 14.1. The number of carbonyl (C=O) groups is 2. The molecule has 6 rings (SSSR count). The molecule has 1 aliphatic rings. The van der Waals surface area contributed by atoms with E-state index in [-0.39, 0.29) is 17.9 Å². The number of hydrogen-bond acceptors (Lipinski definition) is 6. The topological polar surface area (TPSA) is 79.6 Å². The number of nitrogens with zero attached hydrogens (tertiary/aromatic N) is 4. The van der Waals surface area contributed by atoms with E-state index in [1.165, 1.54) is 16.9 Å². The van der Waals surface area contributed by atoms with Crippen LogP contribution in [0.4, 0.5) is 0 Å². The van der Waals surface area contributed by atoms with Crippen LogP contribution in [0.25, 0.3) is 26.0 Å². The number of fused-ring (bicyclic) bond motifs is 1. The Morgan fingerprint density at radius 2 is 1.79 bits per heavy atom. The van der Waals surface area contributed by atoms with E-state index in [1.54, 1.807) is 11.3 Å². The second-order valence-electron chi connectivity index (χ2n) is 9.89. The van der Waals surface area contributed by atoms with E-state index in [1.807, 2.05) is 58.1 Å². The van der Waals surface area contributed by atoms with Crippen LogP contribution in [-0.4, -0.2) is 50.2 Å². The number of aryl methyl sites for hydroxylation is 2. The van der Waals surface area contributed by atoms with Crippen LogP contribution in [-0.2, 0) is 0 Å². The molecule has 4 heterocycles. The summed E-state index contributed by atoms with van der Waals surface area (Å²) in [6.07, 6.45) is 4.65. The lowest BCUT2D eigenvalue weighted by Crippen LogP contribution is -2.49. The summed E-state index contributed by atoms with van der Waals surface area (Å²) >= 11 is 3.05. The molecule has 2 amide bonds. The smallest absolute Gasteiger partial charge is 0.274 e. The predicted octanol–water partition coefficient (Wildman–Crippen LogP) is 6.23. The standard InChI is InChI=1S/C30H29N5O2S2/c1-19-11-13-21(14-12-19)26-24(33-28(39-26)22-8-4-3-5-9-22)29(37)34-15-7-6-10-23(34)18-31-27(36)25-20(2)32-30-35(25)16-17-38-30/h3-5,8-9,11-14,16-17,23H,6-7,10,15,18H2,1-2H3,(H,31,36)/t23-/m0/s1. The lowest BCUT2D eigenvalue weighted by atomic mass is 10.0. The maximum Gasteiger partial charge on any atom is 0.274 e. The number of hydrogen-bond donors (Lipinski definition) is 1. The van der Waals surface area contributed by atoms with Crippen LogP contribution in [0.15, 0.2) is 66.2 Å². The Kier molecular flexibility index (Phi) is 7.01. The highest BCUT2D eigenvalue weighted by Gasteiger charge is 2.32. The second kappa shape index (κ2) is 10.7. The molecule has 0 spiro atoms. The largest absolute Gasteiger partial charge is 0.349 e.